The van der Waals surface area contributed by atoms with Gasteiger partial charge in [0.15, 0.2) is 4.32 Å². The Balaban J connectivity index is 1.80. The van der Waals surface area contributed by atoms with Gasteiger partial charge in [0.05, 0.1) is 0 Å². The number of aromatic nitrogens is 1. The third kappa shape index (κ3) is 3.40. The van der Waals surface area contributed by atoms with Crippen LogP contribution in [0.2, 0.25) is 0 Å². The maximum Gasteiger partial charge on any atom is 0.155 e. The molecular formula is C12H12N2S2. The lowest BCUT2D eigenvalue weighted by atomic mass is 10.2. The molecule has 0 aliphatic heterocycles. The topological polar surface area (TPSA) is 17.0 Å². The van der Waals surface area contributed by atoms with Gasteiger partial charge in [-0.2, -0.15) is 0 Å². The highest BCUT2D eigenvalue weighted by Crippen LogP contribution is 2.08. The molecule has 4 heteroatoms. The number of benzene rings is 1. The lowest BCUT2D eigenvalue weighted by Crippen LogP contribution is -2.18. The summed E-state index contributed by atoms with van der Waals surface area (Å²) in [6.07, 6.45) is 3.95. The quantitative estimate of drug-likeness (QED) is 0.841. The van der Waals surface area contributed by atoms with E-state index in [2.05, 4.69) is 17.4 Å². The van der Waals surface area contributed by atoms with Gasteiger partial charge in [-0.1, -0.05) is 42.5 Å². The maximum atomic E-state index is 5.23. The molecule has 0 spiro atoms. The van der Waals surface area contributed by atoms with E-state index in [-0.39, 0.29) is 0 Å². The van der Waals surface area contributed by atoms with Gasteiger partial charge in [0.2, 0.25) is 0 Å². The fourth-order valence-corrected chi connectivity index (χ4v) is 2.20. The van der Waals surface area contributed by atoms with Gasteiger partial charge in [-0.15, -0.1) is 0 Å². The normalized spacial score (nSPS) is 10.0. The first-order valence-electron chi connectivity index (χ1n) is 4.98. The molecule has 2 aromatic rings. The van der Waals surface area contributed by atoms with Gasteiger partial charge < -0.3 is 5.32 Å². The van der Waals surface area contributed by atoms with Crippen LogP contribution in [0.25, 0.3) is 0 Å². The van der Waals surface area contributed by atoms with E-state index in [0.717, 1.165) is 10.9 Å². The Kier molecular flexibility index (Phi) is 4.02. The molecule has 1 N–H and O–H groups in total. The van der Waals surface area contributed by atoms with E-state index < -0.39 is 0 Å². The van der Waals surface area contributed by atoms with Crippen LogP contribution in [0.4, 0.5) is 0 Å². The Morgan fingerprint density at radius 3 is 2.50 bits per heavy atom. The summed E-state index contributed by atoms with van der Waals surface area (Å²) >= 11 is 6.74. The highest BCUT2D eigenvalue weighted by atomic mass is 32.2. The SMILES string of the molecule is S=C(NCc1ccccc1)Sn1cccc1. The average molecular weight is 248 g/mol. The molecule has 1 aromatic carbocycles. The molecule has 0 saturated carbocycles. The standard InChI is InChI=1S/C12H12N2S2/c15-12(16-14-8-4-5-9-14)13-10-11-6-2-1-3-7-11/h1-9H,10H2,(H,13,15). The minimum atomic E-state index is 0.772. The smallest absolute Gasteiger partial charge is 0.155 e. The third-order valence-corrected chi connectivity index (χ3v) is 3.18. The zero-order valence-corrected chi connectivity index (χ0v) is 10.3. The van der Waals surface area contributed by atoms with Crippen LogP contribution in [-0.2, 0) is 6.54 Å². The van der Waals surface area contributed by atoms with Gasteiger partial charge in [-0.05, 0) is 17.7 Å². The van der Waals surface area contributed by atoms with E-state index in [9.17, 15) is 0 Å². The Morgan fingerprint density at radius 1 is 1.12 bits per heavy atom. The Bertz CT molecular complexity index is 437. The highest BCUT2D eigenvalue weighted by Gasteiger charge is 1.98. The molecule has 2 rings (SSSR count). The predicted octanol–water partition coefficient (Wildman–Crippen LogP) is 3.06. The Labute approximate surface area is 105 Å². The Morgan fingerprint density at radius 2 is 1.81 bits per heavy atom. The van der Waals surface area contributed by atoms with Gasteiger partial charge in [0, 0.05) is 30.9 Å². The summed E-state index contributed by atoms with van der Waals surface area (Å²) in [6.45, 7) is 0.772. The second-order valence-corrected chi connectivity index (χ2v) is 4.94. The summed E-state index contributed by atoms with van der Waals surface area (Å²) in [5.41, 5.74) is 1.23. The molecule has 1 aromatic heterocycles. The van der Waals surface area contributed by atoms with E-state index in [1.54, 1.807) is 0 Å². The van der Waals surface area contributed by atoms with Gasteiger partial charge in [0.25, 0.3) is 0 Å². The van der Waals surface area contributed by atoms with Crippen LogP contribution >= 0.6 is 24.2 Å². The molecular weight excluding hydrogens is 236 g/mol. The summed E-state index contributed by atoms with van der Waals surface area (Å²) in [7, 11) is 0. The highest BCUT2D eigenvalue weighted by molar-refractivity contribution is 8.21. The molecule has 0 saturated heterocycles. The second-order valence-electron chi connectivity index (χ2n) is 3.26. The van der Waals surface area contributed by atoms with Gasteiger partial charge in [0.1, 0.15) is 0 Å². The van der Waals surface area contributed by atoms with Crippen molar-refractivity contribution in [1.29, 1.82) is 0 Å². The van der Waals surface area contributed by atoms with E-state index in [1.165, 1.54) is 17.5 Å². The summed E-state index contributed by atoms with van der Waals surface area (Å²) in [5, 5.41) is 3.21. The fourth-order valence-electron chi connectivity index (χ4n) is 1.28. The van der Waals surface area contributed by atoms with Crippen molar-refractivity contribution in [3.63, 3.8) is 0 Å². The first kappa shape index (κ1) is 11.2. The van der Waals surface area contributed by atoms with Crippen molar-refractivity contribution >= 4 is 28.5 Å². The van der Waals surface area contributed by atoms with Crippen LogP contribution in [-0.4, -0.2) is 8.29 Å². The molecule has 0 radical (unpaired) electrons. The summed E-state index contributed by atoms with van der Waals surface area (Å²) < 4.78 is 2.75. The van der Waals surface area contributed by atoms with E-state index in [0.29, 0.717) is 0 Å². The predicted molar refractivity (Wildman–Crippen MR) is 73.3 cm³/mol. The minimum absolute atomic E-state index is 0.772. The third-order valence-electron chi connectivity index (χ3n) is 2.05. The van der Waals surface area contributed by atoms with Gasteiger partial charge in [-0.3, -0.25) is 3.97 Å². The minimum Gasteiger partial charge on any atom is -0.365 e. The van der Waals surface area contributed by atoms with Crippen molar-refractivity contribution in [2.75, 3.05) is 0 Å². The maximum absolute atomic E-state index is 5.23. The van der Waals surface area contributed by atoms with Crippen LogP contribution in [0.5, 0.6) is 0 Å². The van der Waals surface area contributed by atoms with Crippen molar-refractivity contribution in [2.24, 2.45) is 0 Å². The first-order chi connectivity index (χ1) is 7.84. The van der Waals surface area contributed by atoms with Crippen molar-refractivity contribution in [1.82, 2.24) is 9.29 Å². The fraction of sp³-hybridized carbons (Fsp3) is 0.0833. The molecule has 0 bridgehead atoms. The van der Waals surface area contributed by atoms with Crippen molar-refractivity contribution in [2.45, 2.75) is 6.54 Å². The summed E-state index contributed by atoms with van der Waals surface area (Å²) in [4.78, 5) is 0. The van der Waals surface area contributed by atoms with Crippen LogP contribution < -0.4 is 5.32 Å². The van der Waals surface area contributed by atoms with Crippen LogP contribution in [0, 0.1) is 0 Å². The molecule has 1 heterocycles. The van der Waals surface area contributed by atoms with Crippen LogP contribution in [0.3, 0.4) is 0 Å². The summed E-state index contributed by atoms with van der Waals surface area (Å²) in [6, 6.07) is 14.2. The molecule has 82 valence electrons. The largest absolute Gasteiger partial charge is 0.365 e. The number of thiocarbonyl (C=S) groups is 1. The lowest BCUT2D eigenvalue weighted by molar-refractivity contribution is 0.939. The molecule has 0 unspecified atom stereocenters. The summed E-state index contributed by atoms with van der Waals surface area (Å²) in [5.74, 6) is 0. The van der Waals surface area contributed by atoms with Crippen molar-refractivity contribution in [3.05, 3.63) is 60.4 Å². The van der Waals surface area contributed by atoms with Crippen molar-refractivity contribution in [3.8, 4) is 0 Å². The number of nitrogens with one attached hydrogen (secondary N) is 1. The molecule has 0 fully saturated rings. The zero-order valence-electron chi connectivity index (χ0n) is 8.67. The van der Waals surface area contributed by atoms with Crippen molar-refractivity contribution < 1.29 is 0 Å². The van der Waals surface area contributed by atoms with E-state index >= 15 is 0 Å². The molecule has 0 aliphatic carbocycles. The lowest BCUT2D eigenvalue weighted by Gasteiger charge is -2.07. The Hall–Kier alpha value is -1.26. The average Bonchev–Trinajstić information content (AvgIpc) is 2.81. The molecule has 2 nitrogen and oxygen atoms in total. The molecule has 0 amide bonds. The first-order valence-corrected chi connectivity index (χ1v) is 6.16. The molecule has 16 heavy (non-hydrogen) atoms. The second kappa shape index (κ2) is 5.72. The zero-order chi connectivity index (χ0) is 11.2. The van der Waals surface area contributed by atoms with Gasteiger partial charge >= 0.3 is 0 Å². The van der Waals surface area contributed by atoms with Gasteiger partial charge in [-0.25, -0.2) is 0 Å². The molecule has 0 atom stereocenters. The monoisotopic (exact) mass is 248 g/mol. The van der Waals surface area contributed by atoms with Crippen LogP contribution in [0.1, 0.15) is 5.56 Å². The number of hydrogen-bond donors (Lipinski definition) is 1. The molecule has 0 aliphatic rings. The number of hydrogen-bond acceptors (Lipinski definition) is 2. The van der Waals surface area contributed by atoms with E-state index in [1.807, 2.05) is 46.7 Å². The van der Waals surface area contributed by atoms with Crippen LogP contribution in [0.15, 0.2) is 54.9 Å². The number of nitrogens with zero attached hydrogens (tertiary/aromatic N) is 1. The number of rotatable bonds is 3. The van der Waals surface area contributed by atoms with E-state index in [4.69, 9.17) is 12.2 Å².